The summed E-state index contributed by atoms with van der Waals surface area (Å²) in [4.78, 5) is 5.41. The summed E-state index contributed by atoms with van der Waals surface area (Å²) < 4.78 is 5.46. The Morgan fingerprint density at radius 1 is 1.29 bits per heavy atom. The van der Waals surface area contributed by atoms with E-state index >= 15 is 0 Å². The lowest BCUT2D eigenvalue weighted by molar-refractivity contribution is 0.103. The van der Waals surface area contributed by atoms with Crippen LogP contribution in [0.2, 0.25) is 0 Å². The number of nitrogens with zero attached hydrogens (tertiary/aromatic N) is 2. The lowest BCUT2D eigenvalue weighted by atomic mass is 10.1. The second-order valence-corrected chi connectivity index (χ2v) is 6.24. The summed E-state index contributed by atoms with van der Waals surface area (Å²) in [7, 11) is 1.70. The molecule has 2 N–H and O–H groups in total. The van der Waals surface area contributed by atoms with Gasteiger partial charge in [0.1, 0.15) is 10.7 Å². The Hall–Kier alpha value is -1.17. The number of hydrogen-bond acceptors (Lipinski definition) is 4. The molecular formula is C16H25N3OS. The summed E-state index contributed by atoms with van der Waals surface area (Å²) in [5.41, 5.74) is 7.79. The van der Waals surface area contributed by atoms with Crippen molar-refractivity contribution in [3.63, 3.8) is 0 Å². The number of benzene rings is 1. The third-order valence-corrected chi connectivity index (χ3v) is 4.33. The van der Waals surface area contributed by atoms with Gasteiger partial charge >= 0.3 is 0 Å². The van der Waals surface area contributed by atoms with Crippen LogP contribution in [0.25, 0.3) is 0 Å². The second-order valence-electron chi connectivity index (χ2n) is 5.80. The summed E-state index contributed by atoms with van der Waals surface area (Å²) in [6.45, 7) is 9.79. The summed E-state index contributed by atoms with van der Waals surface area (Å²) >= 11 is 5.07. The maximum absolute atomic E-state index is 5.73. The van der Waals surface area contributed by atoms with Crippen molar-refractivity contribution in [3.05, 3.63) is 29.3 Å². The highest BCUT2D eigenvalue weighted by atomic mass is 32.1. The van der Waals surface area contributed by atoms with Gasteiger partial charge in [0.25, 0.3) is 0 Å². The molecule has 0 atom stereocenters. The van der Waals surface area contributed by atoms with Gasteiger partial charge < -0.3 is 10.5 Å². The quantitative estimate of drug-likeness (QED) is 0.841. The summed E-state index contributed by atoms with van der Waals surface area (Å²) in [6.07, 6.45) is 0. The fourth-order valence-corrected chi connectivity index (χ4v) is 2.86. The highest BCUT2D eigenvalue weighted by Gasteiger charge is 2.20. The van der Waals surface area contributed by atoms with E-state index in [2.05, 4.69) is 29.7 Å². The highest BCUT2D eigenvalue weighted by Crippen LogP contribution is 2.22. The van der Waals surface area contributed by atoms with E-state index in [1.807, 2.05) is 12.1 Å². The van der Waals surface area contributed by atoms with E-state index in [-0.39, 0.29) is 0 Å². The molecule has 0 saturated carbocycles. The van der Waals surface area contributed by atoms with E-state index < -0.39 is 0 Å². The zero-order valence-electron chi connectivity index (χ0n) is 13.1. The van der Waals surface area contributed by atoms with Crippen molar-refractivity contribution in [2.45, 2.75) is 26.4 Å². The average Bonchev–Trinajstić information content (AvgIpc) is 2.47. The Morgan fingerprint density at radius 3 is 2.48 bits per heavy atom. The van der Waals surface area contributed by atoms with Crippen LogP contribution in [0.5, 0.6) is 5.75 Å². The first-order valence-corrected chi connectivity index (χ1v) is 7.85. The molecule has 2 rings (SSSR count). The van der Waals surface area contributed by atoms with Crippen LogP contribution in [0.15, 0.2) is 18.2 Å². The van der Waals surface area contributed by atoms with Gasteiger partial charge in [-0.3, -0.25) is 9.80 Å². The van der Waals surface area contributed by atoms with Crippen LogP contribution in [0.3, 0.4) is 0 Å². The molecule has 0 unspecified atom stereocenters. The van der Waals surface area contributed by atoms with Crippen molar-refractivity contribution in [1.82, 2.24) is 9.80 Å². The molecule has 116 valence electrons. The number of ether oxygens (including phenoxy) is 1. The number of methoxy groups -OCH3 is 1. The molecule has 0 amide bonds. The van der Waals surface area contributed by atoms with Gasteiger partial charge in [-0.25, -0.2) is 0 Å². The van der Waals surface area contributed by atoms with E-state index in [0.717, 1.165) is 49.6 Å². The van der Waals surface area contributed by atoms with Gasteiger partial charge in [0, 0.05) is 49.9 Å². The van der Waals surface area contributed by atoms with E-state index in [4.69, 9.17) is 22.7 Å². The van der Waals surface area contributed by atoms with Crippen LogP contribution >= 0.6 is 12.2 Å². The van der Waals surface area contributed by atoms with E-state index in [0.29, 0.717) is 11.0 Å². The van der Waals surface area contributed by atoms with Gasteiger partial charge in [0.05, 0.1) is 7.11 Å². The molecule has 1 aliphatic rings. The van der Waals surface area contributed by atoms with E-state index in [1.54, 1.807) is 7.11 Å². The van der Waals surface area contributed by atoms with Gasteiger partial charge in [0.2, 0.25) is 0 Å². The van der Waals surface area contributed by atoms with Crippen molar-refractivity contribution in [2.24, 2.45) is 5.73 Å². The normalized spacial score (nSPS) is 17.1. The summed E-state index contributed by atoms with van der Waals surface area (Å²) in [5, 5.41) is 0. The SMILES string of the molecule is COc1ccc(C(N)=S)cc1CN1CCN(C(C)C)CC1. The van der Waals surface area contributed by atoms with Crippen LogP contribution < -0.4 is 10.5 Å². The Bertz CT molecular complexity index is 496. The molecule has 0 radical (unpaired) electrons. The summed E-state index contributed by atoms with van der Waals surface area (Å²) in [5.74, 6) is 0.904. The van der Waals surface area contributed by atoms with E-state index in [9.17, 15) is 0 Å². The Labute approximate surface area is 132 Å². The predicted molar refractivity (Wildman–Crippen MR) is 90.9 cm³/mol. The minimum absolute atomic E-state index is 0.434. The number of hydrogen-bond donors (Lipinski definition) is 1. The van der Waals surface area contributed by atoms with Crippen LogP contribution in [0, 0.1) is 0 Å². The maximum atomic E-state index is 5.73. The van der Waals surface area contributed by atoms with Crippen LogP contribution in [-0.2, 0) is 6.54 Å². The molecule has 1 aromatic rings. The maximum Gasteiger partial charge on any atom is 0.123 e. The van der Waals surface area contributed by atoms with Gasteiger partial charge in [-0.15, -0.1) is 0 Å². The van der Waals surface area contributed by atoms with Crippen molar-refractivity contribution < 1.29 is 4.74 Å². The molecule has 0 aliphatic carbocycles. The van der Waals surface area contributed by atoms with Gasteiger partial charge in [0.15, 0.2) is 0 Å². The summed E-state index contributed by atoms with van der Waals surface area (Å²) in [6, 6.07) is 6.55. The molecular weight excluding hydrogens is 282 g/mol. The molecule has 0 spiro atoms. The molecule has 4 nitrogen and oxygen atoms in total. The van der Waals surface area contributed by atoms with Crippen molar-refractivity contribution >= 4 is 17.2 Å². The smallest absolute Gasteiger partial charge is 0.123 e. The van der Waals surface area contributed by atoms with Crippen molar-refractivity contribution in [3.8, 4) is 5.75 Å². The minimum atomic E-state index is 0.434. The Kier molecular flexibility index (Phi) is 5.56. The molecule has 1 fully saturated rings. The standard InChI is InChI=1S/C16H25N3OS/c1-12(2)19-8-6-18(7-9-19)11-14-10-13(16(17)21)4-5-15(14)20-3/h4-5,10,12H,6-9,11H2,1-3H3,(H2,17,21). The second kappa shape index (κ2) is 7.20. The first-order chi connectivity index (χ1) is 10.0. The molecule has 1 saturated heterocycles. The fourth-order valence-electron chi connectivity index (χ4n) is 2.73. The molecule has 1 heterocycles. The lowest BCUT2D eigenvalue weighted by Gasteiger charge is -2.37. The molecule has 0 aromatic heterocycles. The van der Waals surface area contributed by atoms with Crippen LogP contribution in [0.1, 0.15) is 25.0 Å². The Morgan fingerprint density at radius 2 is 1.95 bits per heavy atom. The largest absolute Gasteiger partial charge is 0.496 e. The van der Waals surface area contributed by atoms with Crippen molar-refractivity contribution in [2.75, 3.05) is 33.3 Å². The van der Waals surface area contributed by atoms with Gasteiger partial charge in [-0.1, -0.05) is 12.2 Å². The average molecular weight is 307 g/mol. The molecule has 1 aromatic carbocycles. The molecule has 1 aliphatic heterocycles. The Balaban J connectivity index is 2.05. The van der Waals surface area contributed by atoms with Gasteiger partial charge in [-0.2, -0.15) is 0 Å². The zero-order chi connectivity index (χ0) is 15.4. The van der Waals surface area contributed by atoms with Gasteiger partial charge in [-0.05, 0) is 32.0 Å². The molecule has 0 bridgehead atoms. The van der Waals surface area contributed by atoms with Crippen LogP contribution in [-0.4, -0.2) is 54.1 Å². The third kappa shape index (κ3) is 4.15. The highest BCUT2D eigenvalue weighted by molar-refractivity contribution is 7.80. The topological polar surface area (TPSA) is 41.7 Å². The molecule has 5 heteroatoms. The van der Waals surface area contributed by atoms with Crippen LogP contribution in [0.4, 0.5) is 0 Å². The molecule has 21 heavy (non-hydrogen) atoms. The van der Waals surface area contributed by atoms with E-state index in [1.165, 1.54) is 0 Å². The number of nitrogens with two attached hydrogens (primary N) is 1. The first-order valence-electron chi connectivity index (χ1n) is 7.44. The lowest BCUT2D eigenvalue weighted by Crippen LogP contribution is -2.48. The van der Waals surface area contributed by atoms with Crippen molar-refractivity contribution in [1.29, 1.82) is 0 Å². The minimum Gasteiger partial charge on any atom is -0.496 e. The monoisotopic (exact) mass is 307 g/mol. The number of rotatable bonds is 5. The fraction of sp³-hybridized carbons (Fsp3) is 0.562. The third-order valence-electron chi connectivity index (χ3n) is 4.10. The first kappa shape index (κ1) is 16.2. The number of thiocarbonyl (C=S) groups is 1. The number of piperazine rings is 1. The predicted octanol–water partition coefficient (Wildman–Crippen LogP) is 1.86. The zero-order valence-corrected chi connectivity index (χ0v) is 13.9.